The second kappa shape index (κ2) is 2.95. The number of para-hydroxylation sites is 1. The molecule has 1 amide bonds. The fourth-order valence-corrected chi connectivity index (χ4v) is 1.17. The Labute approximate surface area is 73.8 Å². The topological polar surface area (TPSA) is 67.8 Å². The highest BCUT2D eigenvalue weighted by atomic mass is 16.7. The van der Waals surface area contributed by atoms with Crippen LogP contribution < -0.4 is 15.0 Å². The molecule has 0 saturated heterocycles. The number of carbonyl (C=O) groups excluding carboxylic acids is 1. The maximum absolute atomic E-state index is 11.1. The molecule has 0 bridgehead atoms. The summed E-state index contributed by atoms with van der Waals surface area (Å²) in [5, 5.41) is 8.42. The van der Waals surface area contributed by atoms with Crippen molar-refractivity contribution in [3.05, 3.63) is 23.8 Å². The number of hydrogen-bond donors (Lipinski definition) is 2. The second-order valence-electron chi connectivity index (χ2n) is 2.48. The third-order valence-electron chi connectivity index (χ3n) is 1.74. The van der Waals surface area contributed by atoms with Crippen molar-refractivity contribution in [3.8, 4) is 11.5 Å². The second-order valence-corrected chi connectivity index (χ2v) is 2.48. The fourth-order valence-electron chi connectivity index (χ4n) is 1.17. The van der Waals surface area contributed by atoms with Crippen LogP contribution in [0.2, 0.25) is 0 Å². The number of rotatable bonds is 1. The molecule has 0 saturated carbocycles. The normalized spacial score (nSPS) is 12.7. The standard InChI is InChI=1S/C8H7NO4/c10-8(9-11)5-2-1-3-6-7(5)13-4-12-6/h1-3,11H,4H2,(H,9,10). The van der Waals surface area contributed by atoms with Gasteiger partial charge in [-0.1, -0.05) is 6.07 Å². The van der Waals surface area contributed by atoms with Crippen LogP contribution in [0.3, 0.4) is 0 Å². The highest BCUT2D eigenvalue weighted by Crippen LogP contribution is 2.34. The molecule has 2 rings (SSSR count). The molecule has 0 aliphatic carbocycles. The van der Waals surface area contributed by atoms with Gasteiger partial charge < -0.3 is 9.47 Å². The summed E-state index contributed by atoms with van der Waals surface area (Å²) in [5.74, 6) is 0.275. The van der Waals surface area contributed by atoms with Crippen molar-refractivity contribution in [1.82, 2.24) is 5.48 Å². The van der Waals surface area contributed by atoms with Crippen molar-refractivity contribution in [2.24, 2.45) is 0 Å². The van der Waals surface area contributed by atoms with Crippen LogP contribution >= 0.6 is 0 Å². The molecule has 0 fully saturated rings. The van der Waals surface area contributed by atoms with E-state index < -0.39 is 5.91 Å². The zero-order valence-corrected chi connectivity index (χ0v) is 6.61. The summed E-state index contributed by atoms with van der Waals surface area (Å²) in [5.41, 5.74) is 1.80. The van der Waals surface area contributed by atoms with Gasteiger partial charge in [0, 0.05) is 0 Å². The van der Waals surface area contributed by atoms with Gasteiger partial charge in [-0.05, 0) is 12.1 Å². The van der Waals surface area contributed by atoms with Crippen LogP contribution in [0.15, 0.2) is 18.2 Å². The van der Waals surface area contributed by atoms with E-state index in [0.717, 1.165) is 0 Å². The molecule has 0 radical (unpaired) electrons. The van der Waals surface area contributed by atoms with Crippen LogP contribution in [0.25, 0.3) is 0 Å². The molecular weight excluding hydrogens is 174 g/mol. The SMILES string of the molecule is O=C(NO)c1cccc2c1OCO2. The van der Waals surface area contributed by atoms with Gasteiger partial charge in [-0.2, -0.15) is 0 Å². The predicted octanol–water partition coefficient (Wildman–Crippen LogP) is 0.534. The Balaban J connectivity index is 2.47. The van der Waals surface area contributed by atoms with Crippen molar-refractivity contribution < 1.29 is 19.5 Å². The van der Waals surface area contributed by atoms with E-state index >= 15 is 0 Å². The predicted molar refractivity (Wildman–Crippen MR) is 41.8 cm³/mol. The fraction of sp³-hybridized carbons (Fsp3) is 0.125. The maximum Gasteiger partial charge on any atom is 0.278 e. The Morgan fingerprint density at radius 1 is 1.46 bits per heavy atom. The number of hydroxylamine groups is 1. The van der Waals surface area contributed by atoms with Gasteiger partial charge in [0.25, 0.3) is 5.91 Å². The number of hydrogen-bond acceptors (Lipinski definition) is 4. The van der Waals surface area contributed by atoms with E-state index in [1.807, 2.05) is 0 Å². The number of fused-ring (bicyclic) bond motifs is 1. The number of carbonyl (C=O) groups is 1. The van der Waals surface area contributed by atoms with Gasteiger partial charge in [0.15, 0.2) is 11.5 Å². The van der Waals surface area contributed by atoms with Crippen LogP contribution in [0.1, 0.15) is 10.4 Å². The van der Waals surface area contributed by atoms with Crippen LogP contribution in [-0.4, -0.2) is 17.9 Å². The van der Waals surface area contributed by atoms with E-state index in [1.165, 1.54) is 5.48 Å². The lowest BCUT2D eigenvalue weighted by Crippen LogP contribution is -2.18. The highest BCUT2D eigenvalue weighted by Gasteiger charge is 2.20. The average Bonchev–Trinajstić information content (AvgIpc) is 2.63. The van der Waals surface area contributed by atoms with Crippen LogP contribution in [-0.2, 0) is 0 Å². The summed E-state index contributed by atoms with van der Waals surface area (Å²) in [6.45, 7) is 0.102. The number of benzene rings is 1. The van der Waals surface area contributed by atoms with Crippen molar-refractivity contribution in [2.75, 3.05) is 6.79 Å². The number of amides is 1. The Bertz CT molecular complexity index is 350. The molecular formula is C8H7NO4. The van der Waals surface area contributed by atoms with Gasteiger partial charge >= 0.3 is 0 Å². The van der Waals surface area contributed by atoms with E-state index in [1.54, 1.807) is 18.2 Å². The quantitative estimate of drug-likeness (QED) is 0.490. The van der Waals surface area contributed by atoms with Gasteiger partial charge in [-0.25, -0.2) is 5.48 Å². The molecule has 1 heterocycles. The summed E-state index contributed by atoms with van der Waals surface area (Å²) in [4.78, 5) is 11.1. The minimum absolute atomic E-state index is 0.102. The van der Waals surface area contributed by atoms with E-state index in [2.05, 4.69) is 0 Å². The molecule has 0 spiro atoms. The molecule has 0 unspecified atom stereocenters. The Morgan fingerprint density at radius 2 is 2.31 bits per heavy atom. The van der Waals surface area contributed by atoms with Crippen molar-refractivity contribution >= 4 is 5.91 Å². The molecule has 0 aromatic heterocycles. The first kappa shape index (κ1) is 7.88. The lowest BCUT2D eigenvalue weighted by molar-refractivity contribution is 0.0702. The summed E-state index contributed by atoms with van der Waals surface area (Å²) < 4.78 is 10.1. The molecule has 13 heavy (non-hydrogen) atoms. The number of ether oxygens (including phenoxy) is 2. The zero-order valence-electron chi connectivity index (χ0n) is 6.61. The lowest BCUT2D eigenvalue weighted by Gasteiger charge is -2.02. The largest absolute Gasteiger partial charge is 0.454 e. The van der Waals surface area contributed by atoms with E-state index in [-0.39, 0.29) is 12.4 Å². The maximum atomic E-state index is 11.1. The smallest absolute Gasteiger partial charge is 0.278 e. The molecule has 1 aromatic rings. The summed E-state index contributed by atoms with van der Waals surface area (Å²) in [6, 6.07) is 4.88. The zero-order chi connectivity index (χ0) is 9.26. The Kier molecular flexibility index (Phi) is 1.79. The Morgan fingerprint density at radius 3 is 3.08 bits per heavy atom. The van der Waals surface area contributed by atoms with Crippen molar-refractivity contribution in [3.63, 3.8) is 0 Å². The summed E-state index contributed by atoms with van der Waals surface area (Å²) >= 11 is 0. The first-order chi connectivity index (χ1) is 6.33. The lowest BCUT2D eigenvalue weighted by atomic mass is 10.2. The minimum atomic E-state index is -0.609. The summed E-state index contributed by atoms with van der Waals surface area (Å²) in [7, 11) is 0. The van der Waals surface area contributed by atoms with Gasteiger partial charge in [0.2, 0.25) is 6.79 Å². The molecule has 5 heteroatoms. The molecule has 0 atom stereocenters. The molecule has 1 aliphatic rings. The molecule has 2 N–H and O–H groups in total. The van der Waals surface area contributed by atoms with E-state index in [4.69, 9.17) is 14.7 Å². The van der Waals surface area contributed by atoms with Gasteiger partial charge in [0.1, 0.15) is 0 Å². The Hall–Kier alpha value is -1.75. The van der Waals surface area contributed by atoms with E-state index in [0.29, 0.717) is 11.5 Å². The van der Waals surface area contributed by atoms with E-state index in [9.17, 15) is 4.79 Å². The van der Waals surface area contributed by atoms with Crippen LogP contribution in [0, 0.1) is 0 Å². The van der Waals surface area contributed by atoms with Crippen molar-refractivity contribution in [1.29, 1.82) is 0 Å². The first-order valence-electron chi connectivity index (χ1n) is 3.66. The molecule has 1 aromatic carbocycles. The minimum Gasteiger partial charge on any atom is -0.454 e. The molecule has 1 aliphatic heterocycles. The molecule has 5 nitrogen and oxygen atoms in total. The van der Waals surface area contributed by atoms with Crippen LogP contribution in [0.5, 0.6) is 11.5 Å². The third kappa shape index (κ3) is 1.19. The highest BCUT2D eigenvalue weighted by molar-refractivity contribution is 5.97. The molecule has 68 valence electrons. The summed E-state index contributed by atoms with van der Waals surface area (Å²) in [6.07, 6.45) is 0. The number of nitrogens with one attached hydrogen (secondary N) is 1. The first-order valence-corrected chi connectivity index (χ1v) is 3.66. The monoisotopic (exact) mass is 181 g/mol. The van der Waals surface area contributed by atoms with Gasteiger partial charge in [0.05, 0.1) is 5.56 Å². The van der Waals surface area contributed by atoms with Gasteiger partial charge in [-0.3, -0.25) is 10.0 Å². The van der Waals surface area contributed by atoms with Gasteiger partial charge in [-0.15, -0.1) is 0 Å². The third-order valence-corrected chi connectivity index (χ3v) is 1.74. The van der Waals surface area contributed by atoms with Crippen LogP contribution in [0.4, 0.5) is 0 Å². The van der Waals surface area contributed by atoms with Crippen molar-refractivity contribution in [2.45, 2.75) is 0 Å². The average molecular weight is 181 g/mol.